The highest BCUT2D eigenvalue weighted by atomic mass is 16.7. The molecule has 40 heavy (non-hydrogen) atoms. The van der Waals surface area contributed by atoms with Crippen LogP contribution >= 0.6 is 0 Å². The van der Waals surface area contributed by atoms with Crippen molar-refractivity contribution in [3.05, 3.63) is 0 Å². The van der Waals surface area contributed by atoms with E-state index in [4.69, 9.17) is 23.7 Å². The lowest BCUT2D eigenvalue weighted by Gasteiger charge is -2.49. The molecule has 15 unspecified atom stereocenters. The number of rotatable bonds is 9. The number of aliphatic hydroxyl groups is 9. The molecule has 3 rings (SSSR count). The number of aliphatic hydroxyl groups excluding tert-OH is 9. The third-order valence-electron chi connectivity index (χ3n) is 6.90. The second-order valence-electron chi connectivity index (χ2n) is 9.81. The van der Waals surface area contributed by atoms with Crippen LogP contribution < -0.4 is 10.6 Å². The molecule has 3 fully saturated rings. The van der Waals surface area contributed by atoms with Crippen LogP contribution in [0.4, 0.5) is 0 Å². The number of amides is 2. The molecule has 18 nitrogen and oxygen atoms in total. The van der Waals surface area contributed by atoms with Gasteiger partial charge in [0.25, 0.3) is 0 Å². The monoisotopic (exact) mass is 586 g/mol. The number of hydrogen-bond donors (Lipinski definition) is 11. The van der Waals surface area contributed by atoms with Crippen molar-refractivity contribution in [2.75, 3.05) is 19.8 Å². The molecule has 3 aliphatic heterocycles. The summed E-state index contributed by atoms with van der Waals surface area (Å²) in [5.74, 6) is -1.31. The molecule has 18 heteroatoms. The lowest BCUT2D eigenvalue weighted by atomic mass is 9.94. The van der Waals surface area contributed by atoms with Gasteiger partial charge in [0, 0.05) is 13.8 Å². The van der Waals surface area contributed by atoms with E-state index in [2.05, 4.69) is 10.6 Å². The predicted octanol–water partition coefficient (Wildman–Crippen LogP) is -7.29. The minimum atomic E-state index is -1.94. The maximum Gasteiger partial charge on any atom is 0.217 e. The molecule has 2 amide bonds. The standard InChI is InChI=1S/C22H38N2O16/c1-6(28)23-11-15(32)13(30)8(3-25)37-21(11)39-18-10(5-27)36-20(35)19(17(18)34)40-22-12(24-7(2)29)16(33)14(31)9(4-26)38-22/h8-22,25-27,30-35H,3-5H2,1-2H3,(H,23,28)(H,24,29). The molecule has 0 radical (unpaired) electrons. The predicted molar refractivity (Wildman–Crippen MR) is 124 cm³/mol. The Hall–Kier alpha value is -1.62. The molecule has 0 aromatic rings. The second-order valence-corrected chi connectivity index (χ2v) is 9.81. The number of nitrogens with one attached hydrogen (secondary N) is 2. The van der Waals surface area contributed by atoms with Gasteiger partial charge in [-0.15, -0.1) is 0 Å². The zero-order valence-corrected chi connectivity index (χ0v) is 21.7. The highest BCUT2D eigenvalue weighted by Crippen LogP contribution is 2.32. The van der Waals surface area contributed by atoms with Gasteiger partial charge in [-0.1, -0.05) is 0 Å². The van der Waals surface area contributed by atoms with Crippen molar-refractivity contribution in [3.8, 4) is 0 Å². The van der Waals surface area contributed by atoms with Gasteiger partial charge >= 0.3 is 0 Å². The van der Waals surface area contributed by atoms with E-state index in [1.807, 2.05) is 0 Å². The van der Waals surface area contributed by atoms with E-state index in [1.54, 1.807) is 0 Å². The molecule has 0 aromatic heterocycles. The first-order chi connectivity index (χ1) is 18.8. The van der Waals surface area contributed by atoms with Crippen LogP contribution in [0.3, 0.4) is 0 Å². The van der Waals surface area contributed by atoms with Crippen molar-refractivity contribution in [1.29, 1.82) is 0 Å². The number of ether oxygens (including phenoxy) is 5. The summed E-state index contributed by atoms with van der Waals surface area (Å²) in [6, 6.07) is -2.85. The Bertz CT molecular complexity index is 854. The number of hydrogen-bond acceptors (Lipinski definition) is 16. The van der Waals surface area contributed by atoms with Crippen molar-refractivity contribution in [2.24, 2.45) is 0 Å². The van der Waals surface area contributed by atoms with E-state index in [1.165, 1.54) is 0 Å². The Morgan fingerprint density at radius 3 is 1.38 bits per heavy atom. The summed E-state index contributed by atoms with van der Waals surface area (Å²) in [6.45, 7) is -0.114. The van der Waals surface area contributed by atoms with Crippen LogP contribution in [0.2, 0.25) is 0 Å². The second kappa shape index (κ2) is 14.0. The molecule has 3 saturated heterocycles. The Kier molecular flexibility index (Phi) is 11.5. The fraction of sp³-hybridized carbons (Fsp3) is 0.909. The smallest absolute Gasteiger partial charge is 0.217 e. The lowest BCUT2D eigenvalue weighted by molar-refractivity contribution is -0.369. The summed E-state index contributed by atoms with van der Waals surface area (Å²) in [5.41, 5.74) is 0. The highest BCUT2D eigenvalue weighted by Gasteiger charge is 2.54. The Morgan fingerprint density at radius 2 is 1.00 bits per heavy atom. The highest BCUT2D eigenvalue weighted by molar-refractivity contribution is 5.73. The molecule has 0 bridgehead atoms. The fourth-order valence-electron chi connectivity index (χ4n) is 4.86. The number of carbonyl (C=O) groups excluding carboxylic acids is 2. The van der Waals surface area contributed by atoms with Gasteiger partial charge in [-0.3, -0.25) is 9.59 Å². The maximum atomic E-state index is 11.7. The van der Waals surface area contributed by atoms with Gasteiger partial charge in [0.15, 0.2) is 18.9 Å². The Morgan fingerprint density at radius 1 is 0.600 bits per heavy atom. The first-order valence-corrected chi connectivity index (χ1v) is 12.6. The van der Waals surface area contributed by atoms with E-state index < -0.39 is 124 Å². The zero-order valence-electron chi connectivity index (χ0n) is 21.7. The van der Waals surface area contributed by atoms with Crippen LogP contribution in [0.1, 0.15) is 13.8 Å². The molecule has 0 spiro atoms. The normalized spacial score (nSPS) is 46.0. The molecule has 0 aromatic carbocycles. The molecule has 232 valence electrons. The van der Waals surface area contributed by atoms with Crippen LogP contribution in [0.25, 0.3) is 0 Å². The van der Waals surface area contributed by atoms with E-state index in [0.29, 0.717) is 0 Å². The lowest BCUT2D eigenvalue weighted by Crippen LogP contribution is -2.69. The van der Waals surface area contributed by atoms with Gasteiger partial charge < -0.3 is 80.3 Å². The molecule has 15 atom stereocenters. The minimum Gasteiger partial charge on any atom is -0.394 e. The molecular formula is C22H38N2O16. The summed E-state index contributed by atoms with van der Waals surface area (Å²) in [5, 5.41) is 96.7. The van der Waals surface area contributed by atoms with E-state index in [-0.39, 0.29) is 0 Å². The van der Waals surface area contributed by atoms with Crippen molar-refractivity contribution in [2.45, 2.75) is 106 Å². The van der Waals surface area contributed by atoms with Gasteiger partial charge in [0.05, 0.1) is 19.8 Å². The van der Waals surface area contributed by atoms with Gasteiger partial charge in [0.2, 0.25) is 11.8 Å². The van der Waals surface area contributed by atoms with Crippen LogP contribution in [0.15, 0.2) is 0 Å². The van der Waals surface area contributed by atoms with Crippen LogP contribution in [0, 0.1) is 0 Å². The minimum absolute atomic E-state index is 0.649. The van der Waals surface area contributed by atoms with Gasteiger partial charge in [-0.05, 0) is 0 Å². The van der Waals surface area contributed by atoms with E-state index in [9.17, 15) is 55.5 Å². The third-order valence-corrected chi connectivity index (χ3v) is 6.90. The summed E-state index contributed by atoms with van der Waals surface area (Å²) in [6.07, 6.45) is -21.3. The average Bonchev–Trinajstić information content (AvgIpc) is 2.90. The molecular weight excluding hydrogens is 548 g/mol. The summed E-state index contributed by atoms with van der Waals surface area (Å²) in [7, 11) is 0. The summed E-state index contributed by atoms with van der Waals surface area (Å²) in [4.78, 5) is 23.4. The SMILES string of the molecule is CC(=O)NC1C(OC2C(O)OC(CO)C(OC3OC(CO)C(O)C(O)C3NC(C)=O)C2O)OC(CO)C(O)C1O. The topological polar surface area (TPSA) is 286 Å². The average molecular weight is 587 g/mol. The molecule has 0 aliphatic carbocycles. The van der Waals surface area contributed by atoms with Crippen molar-refractivity contribution >= 4 is 11.8 Å². The third kappa shape index (κ3) is 7.05. The van der Waals surface area contributed by atoms with Crippen molar-refractivity contribution in [1.82, 2.24) is 10.6 Å². The molecule has 3 aliphatic rings. The van der Waals surface area contributed by atoms with Crippen molar-refractivity contribution in [3.63, 3.8) is 0 Å². The summed E-state index contributed by atoms with van der Waals surface area (Å²) < 4.78 is 27.7. The molecule has 0 saturated carbocycles. The van der Waals surface area contributed by atoms with Crippen LogP contribution in [0.5, 0.6) is 0 Å². The van der Waals surface area contributed by atoms with Crippen LogP contribution in [-0.2, 0) is 33.3 Å². The summed E-state index contributed by atoms with van der Waals surface area (Å²) >= 11 is 0. The van der Waals surface area contributed by atoms with Gasteiger partial charge in [0.1, 0.15) is 73.1 Å². The van der Waals surface area contributed by atoms with Crippen LogP contribution in [-0.4, -0.2) is 170 Å². The Balaban J connectivity index is 1.86. The van der Waals surface area contributed by atoms with Crippen molar-refractivity contribution < 1.29 is 79.2 Å². The fourth-order valence-corrected chi connectivity index (χ4v) is 4.86. The maximum absolute atomic E-state index is 11.7. The van der Waals surface area contributed by atoms with Gasteiger partial charge in [-0.2, -0.15) is 0 Å². The Labute approximate surface area is 228 Å². The molecule has 3 heterocycles. The quantitative estimate of drug-likeness (QED) is 0.120. The largest absolute Gasteiger partial charge is 0.394 e. The van der Waals surface area contributed by atoms with E-state index in [0.717, 1.165) is 13.8 Å². The van der Waals surface area contributed by atoms with E-state index >= 15 is 0 Å². The first kappa shape index (κ1) is 32.9. The van der Waals surface area contributed by atoms with Gasteiger partial charge in [-0.25, -0.2) is 0 Å². The zero-order chi connectivity index (χ0) is 29.9. The number of carbonyl (C=O) groups is 2. The molecule has 11 N–H and O–H groups in total. The first-order valence-electron chi connectivity index (χ1n) is 12.6.